The van der Waals surface area contributed by atoms with Crippen molar-refractivity contribution >= 4 is 52.3 Å². The molecule has 2 nitrogen and oxygen atoms in total. The Hall–Kier alpha value is -4.81. The van der Waals surface area contributed by atoms with Crippen molar-refractivity contribution in [3.8, 4) is 22.6 Å². The van der Waals surface area contributed by atoms with E-state index in [4.69, 9.17) is 4.74 Å². The second-order valence-electron chi connectivity index (χ2n) is 14.9. The molecule has 258 valence electrons. The summed E-state index contributed by atoms with van der Waals surface area (Å²) in [5.41, 5.74) is 10.4. The third kappa shape index (κ3) is 5.20. The van der Waals surface area contributed by atoms with Gasteiger partial charge in [-0.25, -0.2) is 0 Å². The highest BCUT2D eigenvalue weighted by atomic mass is 32.2. The molecule has 0 atom stereocenters. The van der Waals surface area contributed by atoms with Crippen LogP contribution < -0.4 is 9.64 Å². The maximum absolute atomic E-state index is 6.94. The molecule has 3 heterocycles. The Morgan fingerprint density at radius 3 is 1.79 bits per heavy atom. The van der Waals surface area contributed by atoms with Crippen LogP contribution in [0.15, 0.2) is 181 Å². The van der Waals surface area contributed by atoms with Gasteiger partial charge >= 0.3 is 0 Å². The van der Waals surface area contributed by atoms with Crippen LogP contribution in [0.3, 0.4) is 0 Å². The third-order valence-corrected chi connectivity index (χ3v) is 14.9. The minimum Gasteiger partial charge on any atom is -0.455 e. The molecule has 0 unspecified atom stereocenters. The Morgan fingerprint density at radius 2 is 1.00 bits per heavy atom. The lowest BCUT2D eigenvalue weighted by Crippen LogP contribution is -2.26. The lowest BCUT2D eigenvalue weighted by molar-refractivity contribution is 0.419. The van der Waals surface area contributed by atoms with Crippen LogP contribution in [0.25, 0.3) is 11.1 Å². The summed E-state index contributed by atoms with van der Waals surface area (Å²) >= 11 is 5.62. The molecule has 7 aromatic rings. The van der Waals surface area contributed by atoms with Crippen molar-refractivity contribution in [2.24, 2.45) is 0 Å². The van der Waals surface area contributed by atoms with Crippen molar-refractivity contribution in [2.45, 2.75) is 67.9 Å². The van der Waals surface area contributed by atoms with Crippen LogP contribution in [-0.2, 0) is 10.8 Å². The van der Waals surface area contributed by atoms with Gasteiger partial charge < -0.3 is 9.64 Å². The van der Waals surface area contributed by atoms with Crippen LogP contribution >= 0.6 is 35.3 Å². The van der Waals surface area contributed by atoms with Gasteiger partial charge in [0, 0.05) is 57.0 Å². The summed E-state index contributed by atoms with van der Waals surface area (Å²) < 4.78 is 6.94. The minimum absolute atomic E-state index is 0.156. The number of ether oxygens (including phenoxy) is 1. The molecule has 0 saturated carbocycles. The minimum atomic E-state index is -0.234. The van der Waals surface area contributed by atoms with Crippen LogP contribution in [0.4, 0.5) is 17.1 Å². The Labute approximate surface area is 324 Å². The Balaban J connectivity index is 1.15. The van der Waals surface area contributed by atoms with E-state index in [1.54, 1.807) is 0 Å². The molecule has 0 amide bonds. The highest BCUT2D eigenvalue weighted by Gasteiger charge is 2.39. The highest BCUT2D eigenvalue weighted by Crippen LogP contribution is 2.58. The van der Waals surface area contributed by atoms with E-state index in [2.05, 4.69) is 184 Å². The number of para-hydroxylation sites is 2. The molecule has 3 aliphatic rings. The first-order valence-corrected chi connectivity index (χ1v) is 20.5. The quantitative estimate of drug-likeness (QED) is 0.178. The molecule has 0 aliphatic carbocycles. The fraction of sp³-hybridized carbons (Fsp3) is 0.125. The second-order valence-corrected chi connectivity index (χ2v) is 18.1. The van der Waals surface area contributed by atoms with E-state index in [9.17, 15) is 0 Å². The average molecular weight is 740 g/mol. The normalized spacial score (nSPS) is 15.4. The summed E-state index contributed by atoms with van der Waals surface area (Å²) in [7, 11) is 0. The summed E-state index contributed by atoms with van der Waals surface area (Å²) in [5, 5.41) is 0. The molecule has 7 aromatic carbocycles. The number of hydrogen-bond donors (Lipinski definition) is 0. The lowest BCUT2D eigenvalue weighted by atomic mass is 9.75. The summed E-state index contributed by atoms with van der Waals surface area (Å²) in [4.78, 5) is 10.3. The van der Waals surface area contributed by atoms with Crippen LogP contribution in [0.1, 0.15) is 49.9 Å². The molecule has 0 saturated heterocycles. The van der Waals surface area contributed by atoms with Crippen LogP contribution in [0, 0.1) is 0 Å². The Morgan fingerprint density at radius 1 is 0.434 bits per heavy atom. The number of anilines is 3. The first-order valence-electron chi connectivity index (χ1n) is 18.1. The van der Waals surface area contributed by atoms with Gasteiger partial charge in [-0.2, -0.15) is 0 Å². The number of fused-ring (bicyclic) bond motifs is 6. The predicted octanol–water partition coefficient (Wildman–Crippen LogP) is 14.7. The van der Waals surface area contributed by atoms with Gasteiger partial charge in [-0.1, -0.05) is 160 Å². The third-order valence-electron chi connectivity index (χ3n) is 11.1. The number of benzene rings is 7. The van der Waals surface area contributed by atoms with Crippen LogP contribution in [-0.4, -0.2) is 0 Å². The maximum atomic E-state index is 6.94. The SMILES string of the molecule is CC1(C)c2ccccc2Oc2c(N(c3ccc(-c4cccc5c4Sc4ccccc4S5)cc3)c3cccc4c3Sc3ccccc3C4(C)C)cccc21. The van der Waals surface area contributed by atoms with E-state index in [1.807, 2.05) is 35.3 Å². The fourth-order valence-corrected chi connectivity index (χ4v) is 12.1. The van der Waals surface area contributed by atoms with E-state index < -0.39 is 0 Å². The molecule has 3 aliphatic heterocycles. The van der Waals surface area contributed by atoms with Crippen LogP contribution in [0.2, 0.25) is 0 Å². The van der Waals surface area contributed by atoms with E-state index in [-0.39, 0.29) is 10.8 Å². The summed E-state index contributed by atoms with van der Waals surface area (Å²) in [6, 6.07) is 55.4. The highest BCUT2D eigenvalue weighted by molar-refractivity contribution is 8.05. The molecule has 0 radical (unpaired) electrons. The Bertz CT molecular complexity index is 2480. The van der Waals surface area contributed by atoms with Gasteiger partial charge in [-0.05, 0) is 76.9 Å². The van der Waals surface area contributed by atoms with E-state index in [0.717, 1.165) is 28.6 Å². The fourth-order valence-electron chi connectivity index (χ4n) is 8.23. The molecule has 5 heteroatoms. The van der Waals surface area contributed by atoms with E-state index in [0.29, 0.717) is 0 Å². The lowest BCUT2D eigenvalue weighted by Gasteiger charge is -2.39. The van der Waals surface area contributed by atoms with Gasteiger partial charge in [0.05, 0.1) is 11.4 Å². The second kappa shape index (κ2) is 12.4. The Kier molecular flexibility index (Phi) is 7.66. The van der Waals surface area contributed by atoms with Crippen molar-refractivity contribution in [3.63, 3.8) is 0 Å². The topological polar surface area (TPSA) is 12.5 Å². The standard InChI is InChI=1S/C48H37NOS3/c1-47(2)33-15-5-7-21-39(33)50-44-35(47)17-12-19-37(44)49(38-20-13-18-36-46(38)52-40-22-8-6-16-34(40)48(36,3)4)31-28-26-30(27-29-31)32-14-11-25-43-45(32)53-42-24-10-9-23-41(42)51-43/h5-29H,1-4H3. The summed E-state index contributed by atoms with van der Waals surface area (Å²) in [6.07, 6.45) is 0. The summed E-state index contributed by atoms with van der Waals surface area (Å²) in [6.45, 7) is 9.33. The van der Waals surface area contributed by atoms with Crippen molar-refractivity contribution in [2.75, 3.05) is 4.90 Å². The molecule has 0 bridgehead atoms. The molecule has 0 N–H and O–H groups in total. The summed E-state index contributed by atoms with van der Waals surface area (Å²) in [5.74, 6) is 1.82. The van der Waals surface area contributed by atoms with Crippen molar-refractivity contribution < 1.29 is 4.74 Å². The average Bonchev–Trinajstić information content (AvgIpc) is 3.18. The molecule has 0 aromatic heterocycles. The number of hydrogen-bond acceptors (Lipinski definition) is 5. The van der Waals surface area contributed by atoms with Gasteiger partial charge in [0.1, 0.15) is 5.75 Å². The molecule has 0 fully saturated rings. The van der Waals surface area contributed by atoms with Gasteiger partial charge in [0.25, 0.3) is 0 Å². The van der Waals surface area contributed by atoms with Crippen LogP contribution in [0.5, 0.6) is 11.5 Å². The smallest absolute Gasteiger partial charge is 0.155 e. The van der Waals surface area contributed by atoms with Gasteiger partial charge in [0.15, 0.2) is 5.75 Å². The molecular weight excluding hydrogens is 703 g/mol. The van der Waals surface area contributed by atoms with Crippen molar-refractivity contribution in [3.05, 3.63) is 174 Å². The van der Waals surface area contributed by atoms with E-state index in [1.165, 1.54) is 62.8 Å². The molecule has 0 spiro atoms. The van der Waals surface area contributed by atoms with E-state index >= 15 is 0 Å². The maximum Gasteiger partial charge on any atom is 0.155 e. The molecular formula is C48H37NOS3. The van der Waals surface area contributed by atoms with Gasteiger partial charge in [-0.15, -0.1) is 0 Å². The number of rotatable bonds is 4. The first-order chi connectivity index (χ1) is 25.8. The van der Waals surface area contributed by atoms with Gasteiger partial charge in [-0.3, -0.25) is 0 Å². The van der Waals surface area contributed by atoms with Gasteiger partial charge in [0.2, 0.25) is 0 Å². The largest absolute Gasteiger partial charge is 0.455 e. The zero-order valence-electron chi connectivity index (χ0n) is 30.0. The zero-order valence-corrected chi connectivity index (χ0v) is 32.5. The molecule has 53 heavy (non-hydrogen) atoms. The monoisotopic (exact) mass is 739 g/mol. The van der Waals surface area contributed by atoms with Crippen molar-refractivity contribution in [1.29, 1.82) is 0 Å². The zero-order chi connectivity index (χ0) is 35.9. The van der Waals surface area contributed by atoms with Crippen molar-refractivity contribution in [1.82, 2.24) is 0 Å². The molecule has 10 rings (SSSR count). The first kappa shape index (κ1) is 32.8. The predicted molar refractivity (Wildman–Crippen MR) is 223 cm³/mol. The number of nitrogens with zero attached hydrogens (tertiary/aromatic N) is 1.